The smallest absolute Gasteiger partial charge is 0.124 e. The lowest BCUT2D eigenvalue weighted by Crippen LogP contribution is -2.30. The van der Waals surface area contributed by atoms with Crippen LogP contribution < -0.4 is 10.1 Å². The van der Waals surface area contributed by atoms with Gasteiger partial charge in [-0.3, -0.25) is 0 Å². The van der Waals surface area contributed by atoms with Crippen LogP contribution in [0.2, 0.25) is 0 Å². The van der Waals surface area contributed by atoms with E-state index in [1.165, 1.54) is 23.1 Å². The summed E-state index contributed by atoms with van der Waals surface area (Å²) >= 11 is 0. The molecule has 1 aliphatic rings. The molecule has 0 spiro atoms. The van der Waals surface area contributed by atoms with E-state index in [0.717, 1.165) is 12.3 Å². The van der Waals surface area contributed by atoms with Crippen molar-refractivity contribution in [3.05, 3.63) is 28.8 Å². The highest BCUT2D eigenvalue weighted by Crippen LogP contribution is 2.39. The van der Waals surface area contributed by atoms with Crippen molar-refractivity contribution < 1.29 is 4.74 Å². The number of rotatable bonds is 3. The van der Waals surface area contributed by atoms with E-state index in [2.05, 4.69) is 52.1 Å². The molecule has 0 saturated carbocycles. The Balaban J connectivity index is 2.35. The molecule has 1 fully saturated rings. The highest BCUT2D eigenvalue weighted by Gasteiger charge is 2.36. The molecule has 0 aromatic heterocycles. The lowest BCUT2D eigenvalue weighted by molar-refractivity contribution is 0.338. The van der Waals surface area contributed by atoms with Crippen LogP contribution in [0.25, 0.3) is 0 Å². The van der Waals surface area contributed by atoms with E-state index in [1.807, 2.05) is 0 Å². The Morgan fingerprint density at radius 2 is 1.79 bits per heavy atom. The van der Waals surface area contributed by atoms with Crippen LogP contribution in [0.4, 0.5) is 0 Å². The molecule has 1 saturated heterocycles. The minimum absolute atomic E-state index is 0.208. The van der Waals surface area contributed by atoms with Crippen molar-refractivity contribution in [1.82, 2.24) is 5.32 Å². The Hall–Kier alpha value is -1.02. The van der Waals surface area contributed by atoms with Crippen LogP contribution >= 0.6 is 0 Å². The highest BCUT2D eigenvalue weighted by atomic mass is 16.5. The predicted octanol–water partition coefficient (Wildman–Crippen LogP) is 3.59. The standard InChI is InChI=1S/C17H27NO/c1-11-7-14(8-12(2)16(11)19-6)17(4,5)15-9-13(3)18-10-15/h7-8,13,15,18H,9-10H2,1-6H3. The van der Waals surface area contributed by atoms with Crippen molar-refractivity contribution >= 4 is 0 Å². The van der Waals surface area contributed by atoms with E-state index in [4.69, 9.17) is 4.74 Å². The molecule has 2 atom stereocenters. The van der Waals surface area contributed by atoms with Crippen molar-refractivity contribution in [3.63, 3.8) is 0 Å². The maximum absolute atomic E-state index is 5.47. The summed E-state index contributed by atoms with van der Waals surface area (Å²) in [6.45, 7) is 12.4. The summed E-state index contributed by atoms with van der Waals surface area (Å²) in [5.41, 5.74) is 4.12. The first-order valence-electron chi connectivity index (χ1n) is 7.25. The first kappa shape index (κ1) is 14.4. The molecule has 106 valence electrons. The van der Waals surface area contributed by atoms with Gasteiger partial charge in [-0.15, -0.1) is 0 Å². The first-order chi connectivity index (χ1) is 8.86. The third-order valence-electron chi connectivity index (χ3n) is 4.78. The lowest BCUT2D eigenvalue weighted by atomic mass is 9.72. The van der Waals surface area contributed by atoms with Crippen molar-refractivity contribution in [2.75, 3.05) is 13.7 Å². The van der Waals surface area contributed by atoms with Gasteiger partial charge in [0, 0.05) is 6.04 Å². The number of nitrogens with one attached hydrogen (secondary N) is 1. The minimum atomic E-state index is 0.208. The Bertz CT molecular complexity index is 441. The maximum atomic E-state index is 5.47. The van der Waals surface area contributed by atoms with Gasteiger partial charge in [-0.2, -0.15) is 0 Å². The minimum Gasteiger partial charge on any atom is -0.496 e. The van der Waals surface area contributed by atoms with E-state index >= 15 is 0 Å². The summed E-state index contributed by atoms with van der Waals surface area (Å²) in [4.78, 5) is 0. The zero-order chi connectivity index (χ0) is 14.2. The molecule has 2 rings (SSSR count). The molecular formula is C17H27NO. The number of benzene rings is 1. The van der Waals surface area contributed by atoms with Gasteiger partial charge >= 0.3 is 0 Å². The number of aryl methyl sites for hydroxylation is 2. The monoisotopic (exact) mass is 261 g/mol. The van der Waals surface area contributed by atoms with Gasteiger partial charge in [-0.05, 0) is 61.8 Å². The molecule has 1 aromatic rings. The Kier molecular flexibility index (Phi) is 3.91. The molecule has 1 aliphatic heterocycles. The zero-order valence-corrected chi connectivity index (χ0v) is 13.1. The molecule has 1 N–H and O–H groups in total. The van der Waals surface area contributed by atoms with Crippen molar-refractivity contribution in [2.24, 2.45) is 5.92 Å². The largest absolute Gasteiger partial charge is 0.496 e. The van der Waals surface area contributed by atoms with Crippen LogP contribution in [0.3, 0.4) is 0 Å². The Morgan fingerprint density at radius 1 is 1.21 bits per heavy atom. The average molecular weight is 261 g/mol. The van der Waals surface area contributed by atoms with E-state index in [-0.39, 0.29) is 5.41 Å². The van der Waals surface area contributed by atoms with Crippen LogP contribution in [0.1, 0.15) is 43.9 Å². The van der Waals surface area contributed by atoms with Crippen LogP contribution in [-0.4, -0.2) is 19.7 Å². The van der Waals surface area contributed by atoms with Crippen LogP contribution in [-0.2, 0) is 5.41 Å². The Labute approximate surface area is 117 Å². The van der Waals surface area contributed by atoms with Gasteiger partial charge in [0.15, 0.2) is 0 Å². The molecule has 1 heterocycles. The maximum Gasteiger partial charge on any atom is 0.124 e. The van der Waals surface area contributed by atoms with Gasteiger partial charge in [-0.1, -0.05) is 26.0 Å². The zero-order valence-electron chi connectivity index (χ0n) is 13.1. The van der Waals surface area contributed by atoms with Crippen molar-refractivity contribution in [2.45, 2.75) is 52.5 Å². The molecular weight excluding hydrogens is 234 g/mol. The fourth-order valence-corrected chi connectivity index (χ4v) is 3.37. The molecule has 0 aliphatic carbocycles. The topological polar surface area (TPSA) is 21.3 Å². The summed E-state index contributed by atoms with van der Waals surface area (Å²) in [6, 6.07) is 5.24. The molecule has 2 heteroatoms. The summed E-state index contributed by atoms with van der Waals surface area (Å²) < 4.78 is 5.47. The van der Waals surface area contributed by atoms with Gasteiger partial charge in [0.1, 0.15) is 5.75 Å². The fraction of sp³-hybridized carbons (Fsp3) is 0.647. The third kappa shape index (κ3) is 2.64. The van der Waals surface area contributed by atoms with Crippen LogP contribution in [0, 0.1) is 19.8 Å². The van der Waals surface area contributed by atoms with Gasteiger partial charge in [-0.25, -0.2) is 0 Å². The van der Waals surface area contributed by atoms with Crippen LogP contribution in [0.5, 0.6) is 5.75 Å². The van der Waals surface area contributed by atoms with E-state index in [0.29, 0.717) is 12.0 Å². The van der Waals surface area contributed by atoms with Gasteiger partial charge in [0.05, 0.1) is 7.11 Å². The van der Waals surface area contributed by atoms with Crippen molar-refractivity contribution in [3.8, 4) is 5.75 Å². The van der Waals surface area contributed by atoms with Gasteiger partial charge < -0.3 is 10.1 Å². The number of methoxy groups -OCH3 is 1. The quantitative estimate of drug-likeness (QED) is 0.898. The average Bonchev–Trinajstić information content (AvgIpc) is 2.76. The third-order valence-corrected chi connectivity index (χ3v) is 4.78. The number of ether oxygens (including phenoxy) is 1. The molecule has 2 nitrogen and oxygen atoms in total. The van der Waals surface area contributed by atoms with E-state index in [9.17, 15) is 0 Å². The SMILES string of the molecule is COc1c(C)cc(C(C)(C)C2CNC(C)C2)cc1C. The summed E-state index contributed by atoms with van der Waals surface area (Å²) in [6.07, 6.45) is 1.26. The molecule has 0 bridgehead atoms. The highest BCUT2D eigenvalue weighted by molar-refractivity contribution is 5.45. The number of hydrogen-bond acceptors (Lipinski definition) is 2. The fourth-order valence-electron chi connectivity index (χ4n) is 3.37. The summed E-state index contributed by atoms with van der Waals surface area (Å²) in [5, 5.41) is 3.57. The lowest BCUT2D eigenvalue weighted by Gasteiger charge is -2.33. The van der Waals surface area contributed by atoms with Gasteiger partial charge in [0.25, 0.3) is 0 Å². The summed E-state index contributed by atoms with van der Waals surface area (Å²) in [5.74, 6) is 1.73. The normalized spacial score (nSPS) is 23.7. The predicted molar refractivity (Wildman–Crippen MR) is 81.1 cm³/mol. The second-order valence-corrected chi connectivity index (χ2v) is 6.61. The molecule has 2 unspecified atom stereocenters. The second-order valence-electron chi connectivity index (χ2n) is 6.61. The number of hydrogen-bond donors (Lipinski definition) is 1. The van der Waals surface area contributed by atoms with E-state index in [1.54, 1.807) is 7.11 Å². The second kappa shape index (κ2) is 5.16. The first-order valence-corrected chi connectivity index (χ1v) is 7.25. The molecule has 1 aromatic carbocycles. The summed E-state index contributed by atoms with van der Waals surface area (Å²) in [7, 11) is 1.75. The molecule has 19 heavy (non-hydrogen) atoms. The molecule has 0 radical (unpaired) electrons. The molecule has 0 amide bonds. The van der Waals surface area contributed by atoms with Crippen molar-refractivity contribution in [1.29, 1.82) is 0 Å². The van der Waals surface area contributed by atoms with Crippen LogP contribution in [0.15, 0.2) is 12.1 Å². The van der Waals surface area contributed by atoms with Gasteiger partial charge in [0.2, 0.25) is 0 Å². The van der Waals surface area contributed by atoms with E-state index < -0.39 is 0 Å². The Morgan fingerprint density at radius 3 is 2.21 bits per heavy atom.